The molecule has 2 aromatic rings. The minimum absolute atomic E-state index is 1.07. The molecule has 0 N–H and O–H groups in total. The monoisotopic (exact) mass is 266 g/mol. The van der Waals surface area contributed by atoms with Crippen LogP contribution in [0.3, 0.4) is 0 Å². The smallest absolute Gasteiger partial charge is 0.0557 e. The van der Waals surface area contributed by atoms with Crippen LogP contribution in [-0.4, -0.2) is 29.5 Å². The van der Waals surface area contributed by atoms with Crippen molar-refractivity contribution in [3.8, 4) is 0 Å². The maximum absolute atomic E-state index is 4.63. The Morgan fingerprint density at radius 2 is 2.10 bits per heavy atom. The lowest BCUT2D eigenvalue weighted by atomic mass is 9.90. The summed E-state index contributed by atoms with van der Waals surface area (Å²) in [6.45, 7) is 5.71. The number of likely N-dealkylation sites (tertiary alicyclic amines) is 1. The van der Waals surface area contributed by atoms with E-state index in [9.17, 15) is 0 Å². The first-order chi connectivity index (χ1) is 9.88. The first-order valence-corrected chi connectivity index (χ1v) is 7.64. The lowest BCUT2D eigenvalue weighted by Crippen LogP contribution is -2.34. The fourth-order valence-corrected chi connectivity index (χ4v) is 2.89. The van der Waals surface area contributed by atoms with E-state index in [4.69, 9.17) is 0 Å². The average molecular weight is 266 g/mol. The van der Waals surface area contributed by atoms with Crippen molar-refractivity contribution in [2.75, 3.05) is 19.6 Å². The van der Waals surface area contributed by atoms with Gasteiger partial charge in [0.25, 0.3) is 0 Å². The zero-order chi connectivity index (χ0) is 13.8. The Bertz CT molecular complexity index is 551. The van der Waals surface area contributed by atoms with Gasteiger partial charge in [0, 0.05) is 24.0 Å². The largest absolute Gasteiger partial charge is 0.303 e. The van der Waals surface area contributed by atoms with Crippen LogP contribution in [-0.2, 0) is 0 Å². The highest BCUT2D eigenvalue weighted by molar-refractivity contribution is 5.86. The van der Waals surface area contributed by atoms with E-state index in [1.54, 1.807) is 0 Å². The third kappa shape index (κ3) is 2.85. The molecule has 0 amide bonds. The fraction of sp³-hybridized carbons (Fsp3) is 0.389. The number of rotatable bonds is 4. The van der Waals surface area contributed by atoms with E-state index in [2.05, 4.69) is 53.6 Å². The minimum Gasteiger partial charge on any atom is -0.303 e. The summed E-state index contributed by atoms with van der Waals surface area (Å²) in [4.78, 5) is 7.17. The number of nitrogens with zero attached hydrogens (tertiary/aromatic N) is 2. The Kier molecular flexibility index (Phi) is 4.31. The SMILES string of the molecule is CCCCN1C[CH][C](c2nccc3ccccc23)CC1. The molecule has 20 heavy (non-hydrogen) atoms. The van der Waals surface area contributed by atoms with Gasteiger partial charge in [-0.1, -0.05) is 37.6 Å². The second kappa shape index (κ2) is 6.36. The fourth-order valence-electron chi connectivity index (χ4n) is 2.89. The van der Waals surface area contributed by atoms with Gasteiger partial charge in [0.05, 0.1) is 5.69 Å². The van der Waals surface area contributed by atoms with Crippen LogP contribution < -0.4 is 0 Å². The van der Waals surface area contributed by atoms with Gasteiger partial charge in [-0.2, -0.15) is 0 Å². The predicted molar refractivity (Wildman–Crippen MR) is 84.4 cm³/mol. The summed E-state index contributed by atoms with van der Waals surface area (Å²) in [5.74, 6) is 1.41. The van der Waals surface area contributed by atoms with E-state index in [1.165, 1.54) is 41.8 Å². The number of pyridine rings is 1. The molecule has 3 rings (SSSR count). The topological polar surface area (TPSA) is 16.1 Å². The molecule has 2 heteroatoms. The standard InChI is InChI=1S/C18H22N2/c1-2-3-12-20-13-9-16(10-14-20)18-17-7-5-4-6-15(17)8-11-19-18/h4-9,11H,2-3,10,12-14H2,1H3. The molecule has 1 aliphatic heterocycles. The molecule has 0 atom stereocenters. The summed E-state index contributed by atoms with van der Waals surface area (Å²) in [6, 6.07) is 10.6. The van der Waals surface area contributed by atoms with Crippen LogP contribution in [0.4, 0.5) is 0 Å². The maximum atomic E-state index is 4.63. The van der Waals surface area contributed by atoms with Crippen LogP contribution in [0.5, 0.6) is 0 Å². The van der Waals surface area contributed by atoms with Crippen LogP contribution in [0, 0.1) is 12.3 Å². The lowest BCUT2D eigenvalue weighted by Gasteiger charge is -2.31. The average Bonchev–Trinajstić information content (AvgIpc) is 2.53. The van der Waals surface area contributed by atoms with Crippen molar-refractivity contribution in [1.82, 2.24) is 9.88 Å². The molecule has 0 bridgehead atoms. The summed E-state index contributed by atoms with van der Waals surface area (Å²) in [5.41, 5.74) is 1.18. The number of hydrogen-bond acceptors (Lipinski definition) is 2. The van der Waals surface area contributed by atoms with Gasteiger partial charge < -0.3 is 4.90 Å². The van der Waals surface area contributed by atoms with Crippen molar-refractivity contribution in [2.45, 2.75) is 26.2 Å². The Hall–Kier alpha value is -1.41. The van der Waals surface area contributed by atoms with E-state index >= 15 is 0 Å². The summed E-state index contributed by atoms with van der Waals surface area (Å²) in [5, 5.41) is 2.56. The Labute approximate surface area is 121 Å². The number of benzene rings is 1. The first kappa shape index (κ1) is 13.6. The Balaban J connectivity index is 1.74. The molecule has 0 unspecified atom stereocenters. The predicted octanol–water partition coefficient (Wildman–Crippen LogP) is 3.87. The second-order valence-corrected chi connectivity index (χ2v) is 5.51. The van der Waals surface area contributed by atoms with E-state index in [0.29, 0.717) is 0 Å². The second-order valence-electron chi connectivity index (χ2n) is 5.51. The molecule has 1 fully saturated rings. The zero-order valence-electron chi connectivity index (χ0n) is 12.2. The van der Waals surface area contributed by atoms with Crippen molar-refractivity contribution in [2.24, 2.45) is 0 Å². The van der Waals surface area contributed by atoms with E-state index in [1.807, 2.05) is 6.20 Å². The van der Waals surface area contributed by atoms with E-state index in [0.717, 1.165) is 19.5 Å². The quantitative estimate of drug-likeness (QED) is 0.835. The third-order valence-corrected chi connectivity index (χ3v) is 4.10. The number of fused-ring (bicyclic) bond motifs is 1. The van der Waals surface area contributed by atoms with Crippen molar-refractivity contribution in [1.29, 1.82) is 0 Å². The third-order valence-electron chi connectivity index (χ3n) is 4.10. The molecule has 0 aliphatic carbocycles. The first-order valence-electron chi connectivity index (χ1n) is 7.64. The Morgan fingerprint density at radius 3 is 2.90 bits per heavy atom. The number of unbranched alkanes of at least 4 members (excludes halogenated alkanes) is 1. The highest BCUT2D eigenvalue weighted by atomic mass is 15.1. The van der Waals surface area contributed by atoms with Gasteiger partial charge in [0.15, 0.2) is 0 Å². The molecule has 104 valence electrons. The van der Waals surface area contributed by atoms with Crippen LogP contribution >= 0.6 is 0 Å². The Morgan fingerprint density at radius 1 is 1.20 bits per heavy atom. The minimum atomic E-state index is 1.07. The molecule has 1 aliphatic rings. The lowest BCUT2D eigenvalue weighted by molar-refractivity contribution is 0.269. The normalized spacial score (nSPS) is 17.6. The number of aromatic nitrogens is 1. The zero-order valence-corrected chi connectivity index (χ0v) is 12.2. The van der Waals surface area contributed by atoms with Gasteiger partial charge >= 0.3 is 0 Å². The number of piperidine rings is 1. The molecular weight excluding hydrogens is 244 g/mol. The van der Waals surface area contributed by atoms with Gasteiger partial charge in [0.1, 0.15) is 0 Å². The maximum Gasteiger partial charge on any atom is 0.0557 e. The van der Waals surface area contributed by atoms with Crippen LogP contribution in [0.15, 0.2) is 36.5 Å². The van der Waals surface area contributed by atoms with Crippen LogP contribution in [0.1, 0.15) is 31.9 Å². The molecule has 1 aromatic carbocycles. The van der Waals surface area contributed by atoms with E-state index < -0.39 is 0 Å². The van der Waals surface area contributed by atoms with E-state index in [-0.39, 0.29) is 0 Å². The molecule has 1 aromatic heterocycles. The highest BCUT2D eigenvalue weighted by Gasteiger charge is 2.23. The van der Waals surface area contributed by atoms with Gasteiger partial charge in [-0.15, -0.1) is 0 Å². The van der Waals surface area contributed by atoms with Gasteiger partial charge in [0.2, 0.25) is 0 Å². The molecule has 2 radical (unpaired) electrons. The van der Waals surface area contributed by atoms with Gasteiger partial charge in [-0.05, 0) is 43.8 Å². The summed E-state index contributed by atoms with van der Waals surface area (Å²) < 4.78 is 0. The van der Waals surface area contributed by atoms with Crippen molar-refractivity contribution in [3.05, 3.63) is 54.6 Å². The summed E-state index contributed by atoms with van der Waals surface area (Å²) in [6.07, 6.45) is 7.99. The molecule has 0 saturated carbocycles. The molecule has 0 spiro atoms. The molecular formula is C18H22N2. The molecule has 1 saturated heterocycles. The van der Waals surface area contributed by atoms with Crippen molar-refractivity contribution < 1.29 is 0 Å². The molecule has 2 heterocycles. The molecule has 2 nitrogen and oxygen atoms in total. The summed E-state index contributed by atoms with van der Waals surface area (Å²) in [7, 11) is 0. The van der Waals surface area contributed by atoms with Crippen molar-refractivity contribution >= 4 is 10.8 Å². The summed E-state index contributed by atoms with van der Waals surface area (Å²) >= 11 is 0. The van der Waals surface area contributed by atoms with Crippen molar-refractivity contribution in [3.63, 3.8) is 0 Å². The number of hydrogen-bond donors (Lipinski definition) is 0. The highest BCUT2D eigenvalue weighted by Crippen LogP contribution is 2.29. The van der Waals surface area contributed by atoms with Crippen LogP contribution in [0.25, 0.3) is 10.8 Å². The van der Waals surface area contributed by atoms with Gasteiger partial charge in [-0.3, -0.25) is 4.98 Å². The van der Waals surface area contributed by atoms with Crippen LogP contribution in [0.2, 0.25) is 0 Å². The van der Waals surface area contributed by atoms with Gasteiger partial charge in [-0.25, -0.2) is 0 Å².